The van der Waals surface area contributed by atoms with Crippen LogP contribution in [0.4, 0.5) is 0 Å². The standard InChI is InChI=1S/C22H29NO9/c1-11-7-8-12(2)17(9-11)31-22-19(23-13(3)24)21(30-16(6)27)20(29-15(5)26)18(32-22)10-28-14(4)25/h7-9,18-22H,10H2,1-6H3,(H,23,24)/t18-,19+,20+,21+,22+/m0/s1. The summed E-state index contributed by atoms with van der Waals surface area (Å²) in [6.45, 7) is 8.31. The number of hydrogen-bond acceptors (Lipinski definition) is 9. The molecular weight excluding hydrogens is 422 g/mol. The minimum atomic E-state index is -1.16. The number of hydrogen-bond donors (Lipinski definition) is 1. The van der Waals surface area contributed by atoms with Gasteiger partial charge >= 0.3 is 17.9 Å². The fraction of sp³-hybridized carbons (Fsp3) is 0.545. The monoisotopic (exact) mass is 451 g/mol. The highest BCUT2D eigenvalue weighted by Crippen LogP contribution is 2.30. The van der Waals surface area contributed by atoms with Gasteiger partial charge in [-0.05, 0) is 31.0 Å². The second kappa shape index (κ2) is 10.9. The number of aryl methyl sites for hydroxylation is 2. The minimum absolute atomic E-state index is 0.287. The van der Waals surface area contributed by atoms with Gasteiger partial charge in [-0.25, -0.2) is 0 Å². The summed E-state index contributed by atoms with van der Waals surface area (Å²) in [5, 5.41) is 2.67. The maximum atomic E-state index is 11.9. The van der Waals surface area contributed by atoms with E-state index in [4.69, 9.17) is 23.7 Å². The maximum Gasteiger partial charge on any atom is 0.303 e. The Kier molecular flexibility index (Phi) is 8.59. The van der Waals surface area contributed by atoms with Crippen molar-refractivity contribution in [2.45, 2.75) is 72.2 Å². The highest BCUT2D eigenvalue weighted by atomic mass is 16.7. The molecule has 10 heteroatoms. The number of benzene rings is 1. The summed E-state index contributed by atoms with van der Waals surface area (Å²) >= 11 is 0. The number of rotatable bonds is 7. The van der Waals surface area contributed by atoms with Gasteiger partial charge in [-0.2, -0.15) is 0 Å². The number of carbonyl (C=O) groups excluding carboxylic acids is 4. The Hall–Kier alpha value is -3.14. The molecule has 0 spiro atoms. The zero-order valence-electron chi connectivity index (χ0n) is 19.0. The lowest BCUT2D eigenvalue weighted by atomic mass is 9.96. The molecule has 32 heavy (non-hydrogen) atoms. The van der Waals surface area contributed by atoms with Crippen molar-refractivity contribution in [1.82, 2.24) is 5.32 Å². The summed E-state index contributed by atoms with van der Waals surface area (Å²) in [6.07, 6.45) is -4.49. The van der Waals surface area contributed by atoms with Crippen LogP contribution in [0.5, 0.6) is 5.75 Å². The van der Waals surface area contributed by atoms with Crippen LogP contribution in [-0.2, 0) is 38.1 Å². The Morgan fingerprint density at radius 3 is 2.12 bits per heavy atom. The second-order valence-corrected chi connectivity index (χ2v) is 7.61. The number of ether oxygens (including phenoxy) is 5. The molecule has 10 nitrogen and oxygen atoms in total. The van der Waals surface area contributed by atoms with Crippen molar-refractivity contribution in [2.24, 2.45) is 0 Å². The van der Waals surface area contributed by atoms with Gasteiger partial charge in [-0.1, -0.05) is 12.1 Å². The highest BCUT2D eigenvalue weighted by molar-refractivity contribution is 5.73. The minimum Gasteiger partial charge on any atom is -0.463 e. The number of amides is 1. The van der Waals surface area contributed by atoms with Crippen molar-refractivity contribution in [1.29, 1.82) is 0 Å². The van der Waals surface area contributed by atoms with E-state index in [1.807, 2.05) is 26.0 Å². The molecule has 1 fully saturated rings. The molecule has 1 amide bonds. The summed E-state index contributed by atoms with van der Waals surface area (Å²) in [4.78, 5) is 47.0. The van der Waals surface area contributed by atoms with Gasteiger partial charge in [0.25, 0.3) is 0 Å². The quantitative estimate of drug-likeness (QED) is 0.483. The van der Waals surface area contributed by atoms with Crippen molar-refractivity contribution in [2.75, 3.05) is 6.61 Å². The van der Waals surface area contributed by atoms with E-state index in [9.17, 15) is 19.2 Å². The van der Waals surface area contributed by atoms with Gasteiger partial charge in [0.1, 0.15) is 24.5 Å². The Morgan fingerprint density at radius 1 is 0.938 bits per heavy atom. The molecule has 1 heterocycles. The van der Waals surface area contributed by atoms with E-state index >= 15 is 0 Å². The summed E-state index contributed by atoms with van der Waals surface area (Å²) < 4.78 is 27.9. The van der Waals surface area contributed by atoms with Crippen LogP contribution in [0.25, 0.3) is 0 Å². The molecule has 0 aliphatic carbocycles. The van der Waals surface area contributed by atoms with Crippen molar-refractivity contribution in [3.05, 3.63) is 29.3 Å². The van der Waals surface area contributed by atoms with Crippen molar-refractivity contribution in [3.8, 4) is 5.75 Å². The Bertz CT molecular complexity index is 869. The molecule has 0 saturated carbocycles. The Labute approximate surface area is 186 Å². The highest BCUT2D eigenvalue weighted by Gasteiger charge is 2.52. The molecule has 1 aromatic rings. The smallest absolute Gasteiger partial charge is 0.303 e. The van der Waals surface area contributed by atoms with Gasteiger partial charge in [-0.15, -0.1) is 0 Å². The van der Waals surface area contributed by atoms with Gasteiger partial charge in [0, 0.05) is 27.7 Å². The third-order valence-electron chi connectivity index (χ3n) is 4.66. The van der Waals surface area contributed by atoms with Gasteiger partial charge in [0.15, 0.2) is 12.2 Å². The zero-order valence-corrected chi connectivity index (χ0v) is 19.0. The Balaban J connectivity index is 2.49. The van der Waals surface area contributed by atoms with Gasteiger partial charge in [0.05, 0.1) is 0 Å². The normalized spacial score (nSPS) is 24.8. The van der Waals surface area contributed by atoms with E-state index < -0.39 is 54.5 Å². The molecule has 1 aromatic carbocycles. The molecule has 1 N–H and O–H groups in total. The largest absolute Gasteiger partial charge is 0.463 e. The van der Waals surface area contributed by atoms with Crippen LogP contribution in [0.15, 0.2) is 18.2 Å². The lowest BCUT2D eigenvalue weighted by Gasteiger charge is -2.44. The predicted molar refractivity (Wildman–Crippen MR) is 111 cm³/mol. The molecule has 0 bridgehead atoms. The van der Waals surface area contributed by atoms with Gasteiger partial charge < -0.3 is 29.0 Å². The molecule has 2 rings (SSSR count). The van der Waals surface area contributed by atoms with Crippen molar-refractivity contribution >= 4 is 23.8 Å². The number of nitrogens with one attached hydrogen (secondary N) is 1. The van der Waals surface area contributed by atoms with E-state index in [-0.39, 0.29) is 6.61 Å². The fourth-order valence-electron chi connectivity index (χ4n) is 3.35. The van der Waals surface area contributed by atoms with Crippen molar-refractivity contribution < 1.29 is 42.9 Å². The summed E-state index contributed by atoms with van der Waals surface area (Å²) in [5.74, 6) is -1.86. The lowest BCUT2D eigenvalue weighted by Crippen LogP contribution is -2.67. The molecule has 1 saturated heterocycles. The first kappa shape index (κ1) is 25.1. The third-order valence-corrected chi connectivity index (χ3v) is 4.66. The predicted octanol–water partition coefficient (Wildman–Crippen LogP) is 1.34. The third kappa shape index (κ3) is 6.94. The van der Waals surface area contributed by atoms with Crippen LogP contribution in [0.2, 0.25) is 0 Å². The van der Waals surface area contributed by atoms with E-state index in [0.29, 0.717) is 5.75 Å². The SMILES string of the molecule is CC(=O)N[C@H]1[C@H](Oc2cc(C)ccc2C)O[C@@H](COC(C)=O)[C@@H](OC(C)=O)[C@@H]1OC(C)=O. The summed E-state index contributed by atoms with van der Waals surface area (Å²) in [5.41, 5.74) is 1.74. The molecule has 1 aliphatic heterocycles. The lowest BCUT2D eigenvalue weighted by molar-refractivity contribution is -0.257. The Morgan fingerprint density at radius 2 is 1.56 bits per heavy atom. The van der Waals surface area contributed by atoms with Crippen LogP contribution < -0.4 is 10.1 Å². The van der Waals surface area contributed by atoms with Crippen LogP contribution in [0, 0.1) is 13.8 Å². The van der Waals surface area contributed by atoms with Gasteiger partial charge in [-0.3, -0.25) is 19.2 Å². The maximum absolute atomic E-state index is 11.9. The van der Waals surface area contributed by atoms with Crippen LogP contribution >= 0.6 is 0 Å². The summed E-state index contributed by atoms with van der Waals surface area (Å²) in [7, 11) is 0. The first-order valence-corrected chi connectivity index (χ1v) is 10.1. The van der Waals surface area contributed by atoms with E-state index in [1.165, 1.54) is 27.7 Å². The van der Waals surface area contributed by atoms with Crippen LogP contribution in [0.3, 0.4) is 0 Å². The zero-order chi connectivity index (χ0) is 24.0. The number of esters is 3. The van der Waals surface area contributed by atoms with E-state index in [0.717, 1.165) is 11.1 Å². The molecule has 0 unspecified atom stereocenters. The average molecular weight is 451 g/mol. The first-order valence-electron chi connectivity index (χ1n) is 10.1. The van der Waals surface area contributed by atoms with Crippen LogP contribution in [-0.4, -0.2) is 61.1 Å². The first-order chi connectivity index (χ1) is 15.0. The topological polar surface area (TPSA) is 126 Å². The summed E-state index contributed by atoms with van der Waals surface area (Å²) in [6, 6.07) is 4.55. The molecule has 0 radical (unpaired) electrons. The molecule has 5 atom stereocenters. The molecule has 1 aliphatic rings. The second-order valence-electron chi connectivity index (χ2n) is 7.61. The van der Waals surface area contributed by atoms with E-state index in [2.05, 4.69) is 5.32 Å². The average Bonchev–Trinajstić information content (AvgIpc) is 2.66. The van der Waals surface area contributed by atoms with Gasteiger partial charge in [0.2, 0.25) is 12.2 Å². The fourth-order valence-corrected chi connectivity index (χ4v) is 3.35. The van der Waals surface area contributed by atoms with Crippen LogP contribution in [0.1, 0.15) is 38.8 Å². The van der Waals surface area contributed by atoms with E-state index in [1.54, 1.807) is 6.07 Å². The molecule has 176 valence electrons. The molecule has 0 aromatic heterocycles. The number of carbonyl (C=O) groups is 4. The molecular formula is C22H29NO9. The van der Waals surface area contributed by atoms with Crippen molar-refractivity contribution in [3.63, 3.8) is 0 Å².